The largest absolute Gasteiger partial charge is 0.497 e. The van der Waals surface area contributed by atoms with Crippen molar-refractivity contribution in [3.05, 3.63) is 59.9 Å². The number of H-pyrrole nitrogens is 2. The Morgan fingerprint density at radius 3 is 1.41 bits per heavy atom. The zero-order valence-corrected chi connectivity index (χ0v) is 25.1. The molecule has 0 aliphatic heterocycles. The van der Waals surface area contributed by atoms with Crippen LogP contribution in [0.25, 0.3) is 21.8 Å². The molecule has 0 aliphatic rings. The minimum Gasteiger partial charge on any atom is -0.497 e. The number of rotatable bonds is 19. The Kier molecular flexibility index (Phi) is 11.9. The average Bonchev–Trinajstić information content (AvgIpc) is 3.67. The summed E-state index contributed by atoms with van der Waals surface area (Å²) in [6.45, 7) is 3.98. The van der Waals surface area contributed by atoms with Crippen molar-refractivity contribution >= 4 is 45.2 Å². The number of ether oxygens (including phenoxy) is 2. The molecule has 0 unspecified atom stereocenters. The summed E-state index contributed by atoms with van der Waals surface area (Å²) in [5.74, 6) is -1.16. The van der Waals surface area contributed by atoms with Gasteiger partial charge >= 0.3 is 0 Å². The number of methoxy groups -OCH3 is 2. The number of Topliss-reactive ketones (excluding diaryl/α,β-unsaturated/α-hetero) is 2. The van der Waals surface area contributed by atoms with E-state index in [4.69, 9.17) is 9.47 Å². The molecule has 0 radical (unpaired) electrons. The molecule has 0 saturated heterocycles. The third-order valence-electron chi connectivity index (χ3n) is 7.27. The van der Waals surface area contributed by atoms with Gasteiger partial charge < -0.3 is 40.7 Å². The van der Waals surface area contributed by atoms with Crippen LogP contribution in [0.5, 0.6) is 11.5 Å². The van der Waals surface area contributed by atoms with Gasteiger partial charge in [-0.1, -0.05) is 0 Å². The van der Waals surface area contributed by atoms with E-state index in [1.54, 1.807) is 50.9 Å². The molecule has 0 saturated carbocycles. The molecule has 0 fully saturated rings. The van der Waals surface area contributed by atoms with Gasteiger partial charge in [0.25, 0.3) is 23.4 Å². The van der Waals surface area contributed by atoms with E-state index >= 15 is 0 Å². The summed E-state index contributed by atoms with van der Waals surface area (Å²) in [6, 6.07) is 10.7. The molecular weight excluding hydrogens is 564 g/mol. The van der Waals surface area contributed by atoms with Crippen molar-refractivity contribution in [1.29, 1.82) is 0 Å². The Bertz CT molecular complexity index is 1470. The summed E-state index contributed by atoms with van der Waals surface area (Å²) >= 11 is 0. The van der Waals surface area contributed by atoms with E-state index in [9.17, 15) is 19.2 Å². The number of hydrogen-bond acceptors (Lipinski definition) is 8. The lowest BCUT2D eigenvalue weighted by molar-refractivity contribution is -0.117. The van der Waals surface area contributed by atoms with Crippen LogP contribution < -0.4 is 30.7 Å². The van der Waals surface area contributed by atoms with Crippen LogP contribution in [0.1, 0.15) is 46.4 Å². The standard InChI is InChI=1S/C32H40N6O6/c1-43-21-7-9-27-23(17-21)25(19-37-27)29(39)31(41)35-15-5-13-33-11-3-4-12-34-14-6-16-36-32(42)30(40)26-20-38-28-10-8-22(44-2)18-24(26)28/h7-10,17-20,33-34,37-38H,3-6,11-16H2,1-2H3,(H,35,41)(H,36,42). The van der Waals surface area contributed by atoms with Crippen LogP contribution in [0.3, 0.4) is 0 Å². The highest BCUT2D eigenvalue weighted by Gasteiger charge is 2.21. The summed E-state index contributed by atoms with van der Waals surface area (Å²) in [5.41, 5.74) is 2.18. The van der Waals surface area contributed by atoms with Gasteiger partial charge in [-0.2, -0.15) is 0 Å². The van der Waals surface area contributed by atoms with Gasteiger partial charge in [0.2, 0.25) is 0 Å². The molecule has 2 amide bonds. The summed E-state index contributed by atoms with van der Waals surface area (Å²) in [5, 5.41) is 13.4. The molecule has 2 aromatic heterocycles. The van der Waals surface area contributed by atoms with Crippen molar-refractivity contribution < 1.29 is 28.7 Å². The van der Waals surface area contributed by atoms with E-state index in [1.165, 1.54) is 0 Å². The maximum absolute atomic E-state index is 12.6. The Morgan fingerprint density at radius 2 is 1.00 bits per heavy atom. The molecular formula is C32H40N6O6. The molecule has 234 valence electrons. The highest BCUT2D eigenvalue weighted by molar-refractivity contribution is 6.45. The van der Waals surface area contributed by atoms with E-state index < -0.39 is 23.4 Å². The van der Waals surface area contributed by atoms with Crippen molar-refractivity contribution in [2.45, 2.75) is 25.7 Å². The zero-order chi connectivity index (χ0) is 31.3. The monoisotopic (exact) mass is 604 g/mol. The third kappa shape index (κ3) is 8.45. The zero-order valence-electron chi connectivity index (χ0n) is 25.1. The van der Waals surface area contributed by atoms with E-state index in [1.807, 2.05) is 12.1 Å². The summed E-state index contributed by atoms with van der Waals surface area (Å²) in [6.07, 6.45) is 6.50. The molecule has 4 aromatic rings. The lowest BCUT2D eigenvalue weighted by Gasteiger charge is -2.08. The number of ketones is 2. The second-order valence-electron chi connectivity index (χ2n) is 10.3. The maximum Gasteiger partial charge on any atom is 0.292 e. The smallest absolute Gasteiger partial charge is 0.292 e. The summed E-state index contributed by atoms with van der Waals surface area (Å²) in [7, 11) is 3.11. The normalized spacial score (nSPS) is 11.0. The minimum absolute atomic E-state index is 0.325. The van der Waals surface area contributed by atoms with Gasteiger partial charge in [0, 0.05) is 47.3 Å². The second-order valence-corrected chi connectivity index (χ2v) is 10.3. The number of nitrogens with one attached hydrogen (secondary N) is 6. The first kappa shape index (κ1) is 32.2. The fourth-order valence-corrected chi connectivity index (χ4v) is 4.81. The van der Waals surface area contributed by atoms with Gasteiger partial charge in [0.1, 0.15) is 11.5 Å². The maximum atomic E-state index is 12.6. The number of aromatic nitrogens is 2. The number of fused-ring (bicyclic) bond motifs is 2. The first-order valence-electron chi connectivity index (χ1n) is 14.8. The van der Waals surface area contributed by atoms with Crippen molar-refractivity contribution in [2.75, 3.05) is 53.5 Å². The van der Waals surface area contributed by atoms with Crippen LogP contribution in [0, 0.1) is 0 Å². The van der Waals surface area contributed by atoms with Crippen molar-refractivity contribution in [2.24, 2.45) is 0 Å². The Balaban J connectivity index is 0.988. The van der Waals surface area contributed by atoms with Gasteiger partial charge in [0.05, 0.1) is 25.3 Å². The van der Waals surface area contributed by atoms with E-state index in [0.29, 0.717) is 59.3 Å². The fourth-order valence-electron chi connectivity index (χ4n) is 4.81. The van der Waals surface area contributed by atoms with E-state index in [-0.39, 0.29) is 0 Å². The number of hydrogen-bond donors (Lipinski definition) is 6. The van der Waals surface area contributed by atoms with Crippen LogP contribution in [0.2, 0.25) is 0 Å². The second kappa shape index (κ2) is 16.2. The minimum atomic E-state index is -0.624. The molecule has 4 rings (SSSR count). The fraction of sp³-hybridized carbons (Fsp3) is 0.375. The average molecular weight is 605 g/mol. The molecule has 0 aliphatic carbocycles. The summed E-state index contributed by atoms with van der Waals surface area (Å²) < 4.78 is 10.4. The van der Waals surface area contributed by atoms with E-state index in [2.05, 4.69) is 31.2 Å². The number of benzene rings is 2. The van der Waals surface area contributed by atoms with Crippen LogP contribution in [-0.4, -0.2) is 86.8 Å². The number of carbonyl (C=O) groups excluding carboxylic acids is 4. The predicted octanol–water partition coefficient (Wildman–Crippen LogP) is 2.70. The van der Waals surface area contributed by atoms with Crippen LogP contribution in [0.4, 0.5) is 0 Å². The van der Waals surface area contributed by atoms with Gasteiger partial charge in [0.15, 0.2) is 0 Å². The number of carbonyl (C=O) groups is 4. The summed E-state index contributed by atoms with van der Waals surface area (Å²) in [4.78, 5) is 55.9. The molecule has 0 atom stereocenters. The Hall–Kier alpha value is -4.68. The molecule has 12 heteroatoms. The third-order valence-corrected chi connectivity index (χ3v) is 7.27. The molecule has 2 aromatic carbocycles. The van der Waals surface area contributed by atoms with Gasteiger partial charge in [-0.05, 0) is 88.3 Å². The number of amides is 2. The molecule has 12 nitrogen and oxygen atoms in total. The number of aromatic amines is 2. The van der Waals surface area contributed by atoms with Crippen molar-refractivity contribution in [3.8, 4) is 11.5 Å². The molecule has 0 spiro atoms. The molecule has 6 N–H and O–H groups in total. The van der Waals surface area contributed by atoms with Crippen LogP contribution >= 0.6 is 0 Å². The van der Waals surface area contributed by atoms with E-state index in [0.717, 1.165) is 50.1 Å². The van der Waals surface area contributed by atoms with Gasteiger partial charge in [-0.15, -0.1) is 0 Å². The molecule has 2 heterocycles. The first-order valence-corrected chi connectivity index (χ1v) is 14.8. The van der Waals surface area contributed by atoms with Crippen LogP contribution in [0.15, 0.2) is 48.8 Å². The van der Waals surface area contributed by atoms with Crippen molar-refractivity contribution in [3.63, 3.8) is 0 Å². The highest BCUT2D eigenvalue weighted by Crippen LogP contribution is 2.25. The molecule has 44 heavy (non-hydrogen) atoms. The quantitative estimate of drug-likeness (QED) is 0.0540. The van der Waals surface area contributed by atoms with Gasteiger partial charge in [-0.25, -0.2) is 0 Å². The molecule has 0 bridgehead atoms. The SMILES string of the molecule is COc1ccc2[nH]cc(C(=O)C(=O)NCCCNCCCCNCCCNC(=O)C(=O)c3c[nH]c4ccc(OC)cc34)c2c1. The Labute approximate surface area is 255 Å². The Morgan fingerprint density at radius 1 is 0.591 bits per heavy atom. The van der Waals surface area contributed by atoms with Gasteiger partial charge in [-0.3, -0.25) is 19.2 Å². The highest BCUT2D eigenvalue weighted by atomic mass is 16.5. The lowest BCUT2D eigenvalue weighted by atomic mass is 10.1. The van der Waals surface area contributed by atoms with Crippen molar-refractivity contribution in [1.82, 2.24) is 31.2 Å². The van der Waals surface area contributed by atoms with Crippen LogP contribution in [-0.2, 0) is 9.59 Å². The lowest BCUT2D eigenvalue weighted by Crippen LogP contribution is -2.33. The number of unbranched alkanes of at least 4 members (excludes halogenated alkanes) is 1. The topological polar surface area (TPSA) is 166 Å². The predicted molar refractivity (Wildman–Crippen MR) is 169 cm³/mol. The first-order chi connectivity index (χ1) is 21.4.